The summed E-state index contributed by atoms with van der Waals surface area (Å²) in [4.78, 5) is 0. The Kier molecular flexibility index (Phi) is 132. The first-order chi connectivity index (χ1) is 3.83. The van der Waals surface area contributed by atoms with E-state index in [1.807, 2.05) is 0 Å². The van der Waals surface area contributed by atoms with Crippen molar-refractivity contribution in [3.05, 3.63) is 0 Å². The Morgan fingerprint density at radius 2 is 1.00 bits per heavy atom. The predicted octanol–water partition coefficient (Wildman–Crippen LogP) is -0.428. The summed E-state index contributed by atoms with van der Waals surface area (Å²) in [5.41, 5.74) is 4.50. The molecule has 0 aromatic heterocycles. The molecule has 8 heavy (non-hydrogen) atoms. The van der Waals surface area contributed by atoms with Crippen molar-refractivity contribution in [3.63, 3.8) is 0 Å². The van der Waals surface area contributed by atoms with Crippen LogP contribution < -0.4 is 5.73 Å². The van der Waals surface area contributed by atoms with Crippen molar-refractivity contribution in [1.82, 2.24) is 0 Å². The quantitative estimate of drug-likeness (QED) is 0.409. The molecule has 0 aliphatic rings. The standard InChI is InChI=1S/2C2H6O.CH5N/c2*1-2-3;1-2/h2*3H,2H2,1H3;2H2,1H3. The third-order valence-electron chi connectivity index (χ3n) is 0. The maximum absolute atomic E-state index is 7.57. The van der Waals surface area contributed by atoms with Crippen molar-refractivity contribution < 1.29 is 10.2 Å². The van der Waals surface area contributed by atoms with Gasteiger partial charge < -0.3 is 15.9 Å². The molecule has 0 bridgehead atoms. The van der Waals surface area contributed by atoms with E-state index in [-0.39, 0.29) is 13.2 Å². The third-order valence-corrected chi connectivity index (χ3v) is 0. The van der Waals surface area contributed by atoms with E-state index in [9.17, 15) is 0 Å². The van der Waals surface area contributed by atoms with Gasteiger partial charge in [-0.25, -0.2) is 0 Å². The minimum atomic E-state index is 0.250. The largest absolute Gasteiger partial charge is 0.397 e. The molecule has 0 rings (SSSR count). The fraction of sp³-hybridized carbons (Fsp3) is 1.00. The number of nitrogens with two attached hydrogens (primary N) is 1. The number of hydrogen-bond acceptors (Lipinski definition) is 3. The number of aliphatic hydroxyl groups is 2. The lowest BCUT2D eigenvalue weighted by Crippen LogP contribution is -1.69. The Bertz CT molecular complexity index is 12.4. The molecule has 4 N–H and O–H groups in total. The van der Waals surface area contributed by atoms with Crippen LogP contribution in [0.3, 0.4) is 0 Å². The smallest absolute Gasteiger partial charge is 0.0402 e. The summed E-state index contributed by atoms with van der Waals surface area (Å²) in [6.07, 6.45) is 0. The molecule has 54 valence electrons. The molecule has 0 radical (unpaired) electrons. The molecule has 0 aliphatic carbocycles. The molecule has 0 aromatic rings. The van der Waals surface area contributed by atoms with Gasteiger partial charge in [0.2, 0.25) is 0 Å². The zero-order valence-corrected chi connectivity index (χ0v) is 5.89. The molecule has 0 saturated heterocycles. The predicted molar refractivity (Wildman–Crippen MR) is 35.6 cm³/mol. The van der Waals surface area contributed by atoms with Crippen LogP contribution in [0, 0.1) is 0 Å². The van der Waals surface area contributed by atoms with Crippen LogP contribution in [0.2, 0.25) is 0 Å². The summed E-state index contributed by atoms with van der Waals surface area (Å²) in [6, 6.07) is 0. The first-order valence-electron chi connectivity index (χ1n) is 2.62. The van der Waals surface area contributed by atoms with Gasteiger partial charge in [-0.15, -0.1) is 0 Å². The van der Waals surface area contributed by atoms with E-state index < -0.39 is 0 Å². The molecule has 0 fully saturated rings. The first kappa shape index (κ1) is 15.7. The number of aliphatic hydroxyl groups excluding tert-OH is 2. The Hall–Kier alpha value is -0.120. The Balaban J connectivity index is -0.0000000483. The second-order valence-corrected chi connectivity index (χ2v) is 0.632. The lowest BCUT2D eigenvalue weighted by Gasteiger charge is -1.52. The monoisotopic (exact) mass is 123 g/mol. The molecule has 3 nitrogen and oxygen atoms in total. The minimum Gasteiger partial charge on any atom is -0.397 e. The van der Waals surface area contributed by atoms with Crippen LogP contribution in [-0.4, -0.2) is 30.5 Å². The fourth-order valence-electron chi connectivity index (χ4n) is 0. The molecule has 0 amide bonds. The van der Waals surface area contributed by atoms with E-state index in [0.29, 0.717) is 0 Å². The average Bonchev–Trinajstić information content (AvgIpc) is 1.75. The van der Waals surface area contributed by atoms with Crippen LogP contribution in [0.1, 0.15) is 13.8 Å². The Labute approximate surface area is 51.1 Å². The van der Waals surface area contributed by atoms with Crippen molar-refractivity contribution in [2.75, 3.05) is 20.3 Å². The van der Waals surface area contributed by atoms with Gasteiger partial charge >= 0.3 is 0 Å². The third kappa shape index (κ3) is 9720. The number of hydrogen-bond donors (Lipinski definition) is 3. The van der Waals surface area contributed by atoms with Crippen LogP contribution in [0.25, 0.3) is 0 Å². The molecule has 0 spiro atoms. The molecule has 3 heteroatoms. The molecule has 0 heterocycles. The van der Waals surface area contributed by atoms with E-state index in [1.165, 1.54) is 7.05 Å². The summed E-state index contributed by atoms with van der Waals surface area (Å²) in [6.45, 7) is 3.86. The van der Waals surface area contributed by atoms with Crippen molar-refractivity contribution in [2.24, 2.45) is 5.73 Å². The van der Waals surface area contributed by atoms with Crippen LogP contribution in [0.15, 0.2) is 0 Å². The fourth-order valence-corrected chi connectivity index (χ4v) is 0. The maximum Gasteiger partial charge on any atom is 0.0402 e. The summed E-state index contributed by atoms with van der Waals surface area (Å²) < 4.78 is 0. The second-order valence-electron chi connectivity index (χ2n) is 0.632. The van der Waals surface area contributed by atoms with Gasteiger partial charge in [0.1, 0.15) is 0 Å². The molecular formula is C5H17NO2. The normalized spacial score (nSPS) is 5.25. The van der Waals surface area contributed by atoms with E-state index in [1.54, 1.807) is 13.8 Å². The zero-order chi connectivity index (χ0) is 7.41. The summed E-state index contributed by atoms with van der Waals surface area (Å²) >= 11 is 0. The van der Waals surface area contributed by atoms with Crippen molar-refractivity contribution >= 4 is 0 Å². The molecule has 0 unspecified atom stereocenters. The van der Waals surface area contributed by atoms with Crippen LogP contribution in [-0.2, 0) is 0 Å². The van der Waals surface area contributed by atoms with E-state index in [2.05, 4.69) is 5.73 Å². The minimum absolute atomic E-state index is 0.250. The van der Waals surface area contributed by atoms with Crippen LogP contribution in [0.4, 0.5) is 0 Å². The van der Waals surface area contributed by atoms with Gasteiger partial charge in [0.05, 0.1) is 0 Å². The summed E-state index contributed by atoms with van der Waals surface area (Å²) in [5.74, 6) is 0. The molecule has 0 aromatic carbocycles. The summed E-state index contributed by atoms with van der Waals surface area (Å²) in [7, 11) is 1.50. The van der Waals surface area contributed by atoms with Crippen molar-refractivity contribution in [3.8, 4) is 0 Å². The zero-order valence-electron chi connectivity index (χ0n) is 5.89. The highest BCUT2D eigenvalue weighted by Crippen LogP contribution is 1.30. The lowest BCUT2D eigenvalue weighted by atomic mass is 10.9. The summed E-state index contributed by atoms with van der Waals surface area (Å²) in [5, 5.41) is 15.1. The highest BCUT2D eigenvalue weighted by molar-refractivity contribution is 3.84. The van der Waals surface area contributed by atoms with Crippen molar-refractivity contribution in [2.45, 2.75) is 13.8 Å². The maximum atomic E-state index is 7.57. The molecule has 0 saturated carbocycles. The molecule has 0 aliphatic heterocycles. The molecular weight excluding hydrogens is 106 g/mol. The average molecular weight is 123 g/mol. The van der Waals surface area contributed by atoms with Gasteiger partial charge in [0.25, 0.3) is 0 Å². The first-order valence-corrected chi connectivity index (χ1v) is 2.62. The topological polar surface area (TPSA) is 66.5 Å². The van der Waals surface area contributed by atoms with Gasteiger partial charge in [0.15, 0.2) is 0 Å². The van der Waals surface area contributed by atoms with E-state index >= 15 is 0 Å². The van der Waals surface area contributed by atoms with Gasteiger partial charge in [-0.3, -0.25) is 0 Å². The van der Waals surface area contributed by atoms with Crippen LogP contribution >= 0.6 is 0 Å². The SMILES string of the molecule is CCO.CCO.CN. The van der Waals surface area contributed by atoms with E-state index in [4.69, 9.17) is 10.2 Å². The lowest BCUT2D eigenvalue weighted by molar-refractivity contribution is 0.318. The van der Waals surface area contributed by atoms with Gasteiger partial charge in [-0.1, -0.05) is 0 Å². The Morgan fingerprint density at radius 1 is 1.00 bits per heavy atom. The highest BCUT2D eigenvalue weighted by atomic mass is 16.3. The molecule has 0 atom stereocenters. The van der Waals surface area contributed by atoms with Gasteiger partial charge in [-0.2, -0.15) is 0 Å². The number of rotatable bonds is 0. The van der Waals surface area contributed by atoms with Gasteiger partial charge in [0, 0.05) is 13.2 Å². The Morgan fingerprint density at radius 3 is 1.00 bits per heavy atom. The second kappa shape index (κ2) is 67.3. The van der Waals surface area contributed by atoms with Crippen molar-refractivity contribution in [1.29, 1.82) is 0 Å². The van der Waals surface area contributed by atoms with Crippen LogP contribution in [0.5, 0.6) is 0 Å². The highest BCUT2D eigenvalue weighted by Gasteiger charge is 1.34. The van der Waals surface area contributed by atoms with E-state index in [0.717, 1.165) is 0 Å². The van der Waals surface area contributed by atoms with Gasteiger partial charge in [-0.05, 0) is 20.9 Å².